The van der Waals surface area contributed by atoms with Crippen molar-refractivity contribution < 1.29 is 9.50 Å². The van der Waals surface area contributed by atoms with Gasteiger partial charge in [-0.15, -0.1) is 0 Å². The van der Waals surface area contributed by atoms with Crippen LogP contribution < -0.4 is 5.32 Å². The number of nitrogens with one attached hydrogen (secondary N) is 2. The predicted octanol–water partition coefficient (Wildman–Crippen LogP) is 2.39. The number of benzene rings is 1. The highest BCUT2D eigenvalue weighted by Gasteiger charge is 2.11. The Bertz CT molecular complexity index is 510. The minimum Gasteiger partial charge on any atom is -0.379 e. The summed E-state index contributed by atoms with van der Waals surface area (Å²) < 4.78 is 14.0. The number of aromatic amines is 1. The quantitative estimate of drug-likeness (QED) is 0.724. The van der Waals surface area contributed by atoms with Crippen molar-refractivity contribution in [2.45, 2.75) is 19.7 Å². The van der Waals surface area contributed by atoms with Crippen LogP contribution in [-0.4, -0.2) is 16.3 Å². The molecular weight excluding hydrogens is 231 g/mol. The van der Waals surface area contributed by atoms with Crippen LogP contribution in [0.2, 0.25) is 5.02 Å². The number of fused-ring (bicyclic) bond motifs is 1. The summed E-state index contributed by atoms with van der Waals surface area (Å²) in [7, 11) is 0. The number of halogens is 2. The standard InChI is InChI=1S/C11H12ClFN2O/c1-6(16)14-4-7-2-3-9-10(11(7)13)8(12)5-15-9/h2-3,5-6,14-16H,4H2,1H3. The normalized spacial score (nSPS) is 13.2. The Hall–Kier alpha value is -1.10. The summed E-state index contributed by atoms with van der Waals surface area (Å²) in [5.41, 5.74) is 1.15. The van der Waals surface area contributed by atoms with E-state index in [-0.39, 0.29) is 12.4 Å². The molecule has 0 spiro atoms. The predicted molar refractivity (Wildman–Crippen MR) is 61.8 cm³/mol. The number of rotatable bonds is 3. The van der Waals surface area contributed by atoms with Crippen LogP contribution in [0.4, 0.5) is 4.39 Å². The van der Waals surface area contributed by atoms with Gasteiger partial charge in [0.05, 0.1) is 10.4 Å². The average molecular weight is 243 g/mol. The highest BCUT2D eigenvalue weighted by atomic mass is 35.5. The number of aromatic nitrogens is 1. The second-order valence-corrected chi connectivity index (χ2v) is 4.06. The van der Waals surface area contributed by atoms with Crippen LogP contribution in [-0.2, 0) is 6.54 Å². The van der Waals surface area contributed by atoms with E-state index in [9.17, 15) is 4.39 Å². The smallest absolute Gasteiger partial charge is 0.138 e. The third-order valence-corrected chi connectivity index (χ3v) is 2.70. The Balaban J connectivity index is 2.39. The first-order valence-corrected chi connectivity index (χ1v) is 5.33. The Labute approximate surface area is 97.2 Å². The van der Waals surface area contributed by atoms with E-state index in [1.54, 1.807) is 25.3 Å². The molecule has 3 nitrogen and oxygen atoms in total. The highest BCUT2D eigenvalue weighted by Crippen LogP contribution is 2.27. The van der Waals surface area contributed by atoms with Gasteiger partial charge in [0, 0.05) is 23.8 Å². The SMILES string of the molecule is CC(O)NCc1ccc2[nH]cc(Cl)c2c1F. The molecule has 16 heavy (non-hydrogen) atoms. The first-order chi connectivity index (χ1) is 7.59. The molecule has 0 bridgehead atoms. The average Bonchev–Trinajstić information content (AvgIpc) is 2.60. The monoisotopic (exact) mass is 242 g/mol. The number of hydrogen-bond acceptors (Lipinski definition) is 2. The fourth-order valence-corrected chi connectivity index (χ4v) is 1.82. The summed E-state index contributed by atoms with van der Waals surface area (Å²) in [5, 5.41) is 12.6. The van der Waals surface area contributed by atoms with E-state index in [2.05, 4.69) is 10.3 Å². The molecule has 1 aromatic heterocycles. The lowest BCUT2D eigenvalue weighted by molar-refractivity contribution is 0.154. The fraction of sp³-hybridized carbons (Fsp3) is 0.273. The maximum Gasteiger partial charge on any atom is 0.138 e. The number of H-pyrrole nitrogens is 1. The zero-order valence-corrected chi connectivity index (χ0v) is 9.48. The van der Waals surface area contributed by atoms with Crippen LogP contribution >= 0.6 is 11.6 Å². The second-order valence-electron chi connectivity index (χ2n) is 3.65. The van der Waals surface area contributed by atoms with Crippen LogP contribution in [0.25, 0.3) is 10.9 Å². The van der Waals surface area contributed by atoms with Gasteiger partial charge in [0.1, 0.15) is 12.0 Å². The number of aliphatic hydroxyl groups excluding tert-OH is 1. The molecule has 0 amide bonds. The fourth-order valence-electron chi connectivity index (χ4n) is 1.58. The van der Waals surface area contributed by atoms with Gasteiger partial charge in [0.25, 0.3) is 0 Å². The first kappa shape index (κ1) is 11.4. The molecule has 0 aliphatic rings. The van der Waals surface area contributed by atoms with E-state index in [0.717, 1.165) is 0 Å². The molecule has 1 unspecified atom stereocenters. The van der Waals surface area contributed by atoms with Crippen LogP contribution in [0, 0.1) is 5.82 Å². The summed E-state index contributed by atoms with van der Waals surface area (Å²) in [5.74, 6) is -0.350. The molecule has 1 aromatic carbocycles. The Morgan fingerprint density at radius 1 is 1.56 bits per heavy atom. The minimum absolute atomic E-state index is 0.265. The van der Waals surface area contributed by atoms with Crippen LogP contribution in [0.1, 0.15) is 12.5 Å². The molecule has 0 aliphatic carbocycles. The maximum atomic E-state index is 14.0. The van der Waals surface area contributed by atoms with Gasteiger partial charge < -0.3 is 10.1 Å². The molecule has 1 atom stereocenters. The molecule has 0 saturated heterocycles. The summed E-state index contributed by atoms with van der Waals surface area (Å²) in [6.07, 6.45) is 0.887. The van der Waals surface area contributed by atoms with Gasteiger partial charge >= 0.3 is 0 Å². The molecule has 3 N–H and O–H groups in total. The minimum atomic E-state index is -0.670. The highest BCUT2D eigenvalue weighted by molar-refractivity contribution is 6.35. The molecule has 5 heteroatoms. The van der Waals surface area contributed by atoms with E-state index < -0.39 is 6.23 Å². The Kier molecular flexibility index (Phi) is 3.14. The zero-order valence-electron chi connectivity index (χ0n) is 8.72. The largest absolute Gasteiger partial charge is 0.379 e. The van der Waals surface area contributed by atoms with E-state index in [4.69, 9.17) is 16.7 Å². The van der Waals surface area contributed by atoms with E-state index in [1.165, 1.54) is 0 Å². The van der Waals surface area contributed by atoms with Crippen molar-refractivity contribution in [3.05, 3.63) is 34.7 Å². The van der Waals surface area contributed by atoms with Gasteiger partial charge in [0.15, 0.2) is 0 Å². The third-order valence-electron chi connectivity index (χ3n) is 2.40. The lowest BCUT2D eigenvalue weighted by Crippen LogP contribution is -2.25. The molecule has 0 aliphatic heterocycles. The molecule has 1 heterocycles. The molecule has 0 radical (unpaired) electrons. The Morgan fingerprint density at radius 3 is 3.00 bits per heavy atom. The lowest BCUT2D eigenvalue weighted by atomic mass is 10.1. The van der Waals surface area contributed by atoms with Crippen molar-refractivity contribution in [1.29, 1.82) is 0 Å². The lowest BCUT2D eigenvalue weighted by Gasteiger charge is -2.08. The van der Waals surface area contributed by atoms with Gasteiger partial charge in [-0.1, -0.05) is 17.7 Å². The van der Waals surface area contributed by atoms with Crippen molar-refractivity contribution in [2.75, 3.05) is 0 Å². The summed E-state index contributed by atoms with van der Waals surface area (Å²) >= 11 is 5.87. The topological polar surface area (TPSA) is 48.0 Å². The molecule has 0 fully saturated rings. The number of aliphatic hydroxyl groups is 1. The van der Waals surface area contributed by atoms with E-state index in [1.807, 2.05) is 0 Å². The second kappa shape index (κ2) is 4.41. The van der Waals surface area contributed by atoms with Gasteiger partial charge in [0.2, 0.25) is 0 Å². The van der Waals surface area contributed by atoms with Crippen molar-refractivity contribution in [3.63, 3.8) is 0 Å². The maximum absolute atomic E-state index is 14.0. The zero-order chi connectivity index (χ0) is 11.7. The summed E-state index contributed by atoms with van der Waals surface area (Å²) in [6.45, 7) is 1.85. The van der Waals surface area contributed by atoms with Crippen LogP contribution in [0.3, 0.4) is 0 Å². The van der Waals surface area contributed by atoms with Crippen molar-refractivity contribution in [3.8, 4) is 0 Å². The van der Waals surface area contributed by atoms with Gasteiger partial charge in [-0.3, -0.25) is 5.32 Å². The first-order valence-electron chi connectivity index (χ1n) is 4.95. The molecule has 2 rings (SSSR count). The molecular formula is C11H12ClFN2O. The van der Waals surface area contributed by atoms with Crippen LogP contribution in [0.15, 0.2) is 18.3 Å². The van der Waals surface area contributed by atoms with Crippen molar-refractivity contribution in [1.82, 2.24) is 10.3 Å². The van der Waals surface area contributed by atoms with Gasteiger partial charge in [-0.05, 0) is 13.0 Å². The Morgan fingerprint density at radius 2 is 2.31 bits per heavy atom. The molecule has 86 valence electrons. The van der Waals surface area contributed by atoms with Crippen molar-refractivity contribution >= 4 is 22.5 Å². The molecule has 0 saturated carbocycles. The van der Waals surface area contributed by atoms with E-state index >= 15 is 0 Å². The van der Waals surface area contributed by atoms with E-state index in [0.29, 0.717) is 21.5 Å². The molecule has 2 aromatic rings. The van der Waals surface area contributed by atoms with Gasteiger partial charge in [-0.2, -0.15) is 0 Å². The summed E-state index contributed by atoms with van der Waals surface area (Å²) in [4.78, 5) is 2.88. The van der Waals surface area contributed by atoms with Crippen molar-refractivity contribution in [2.24, 2.45) is 0 Å². The third kappa shape index (κ3) is 2.04. The number of hydrogen-bond donors (Lipinski definition) is 3. The van der Waals surface area contributed by atoms with Gasteiger partial charge in [-0.25, -0.2) is 4.39 Å². The summed E-state index contributed by atoms with van der Waals surface area (Å²) in [6, 6.07) is 3.43. The van der Waals surface area contributed by atoms with Crippen LogP contribution in [0.5, 0.6) is 0 Å².